The van der Waals surface area contributed by atoms with Gasteiger partial charge in [0.2, 0.25) is 0 Å². The fourth-order valence-corrected chi connectivity index (χ4v) is 2.79. The zero-order valence-corrected chi connectivity index (χ0v) is 11.4. The van der Waals surface area contributed by atoms with E-state index in [2.05, 4.69) is 40.1 Å². The maximum atomic E-state index is 5.79. The normalized spacial score (nSPS) is 16.4. The van der Waals surface area contributed by atoms with E-state index in [9.17, 15) is 0 Å². The zero-order chi connectivity index (χ0) is 11.9. The fraction of sp³-hybridized carbons (Fsp3) is 1.00. The number of methoxy groups -OCH3 is 1. The highest BCUT2D eigenvalue weighted by molar-refractivity contribution is 4.93. The predicted molar refractivity (Wildman–Crippen MR) is 67.2 cm³/mol. The Morgan fingerprint density at radius 1 is 1.20 bits per heavy atom. The molecule has 0 aromatic heterocycles. The molecule has 0 heterocycles. The molecule has 0 saturated heterocycles. The largest absolute Gasteiger partial charge is 0.377 e. The number of likely N-dealkylation sites (N-methyl/N-ethyl adjacent to an activating group) is 1. The Kier molecular flexibility index (Phi) is 7.20. The van der Waals surface area contributed by atoms with Gasteiger partial charge in [0, 0.05) is 13.2 Å². The molecule has 0 aliphatic heterocycles. The Morgan fingerprint density at radius 3 is 2.00 bits per heavy atom. The van der Waals surface area contributed by atoms with E-state index in [1.165, 1.54) is 12.8 Å². The molecule has 0 fully saturated rings. The Labute approximate surface area is 95.8 Å². The maximum absolute atomic E-state index is 5.79. The molecule has 0 amide bonds. The molecule has 0 spiro atoms. The van der Waals surface area contributed by atoms with E-state index >= 15 is 0 Å². The van der Waals surface area contributed by atoms with Gasteiger partial charge in [-0.1, -0.05) is 34.1 Å². The molecule has 0 radical (unpaired) electrons. The third kappa shape index (κ3) is 3.46. The van der Waals surface area contributed by atoms with Gasteiger partial charge in [-0.2, -0.15) is 0 Å². The monoisotopic (exact) mass is 215 g/mol. The smallest absolute Gasteiger partial charge is 0.0828 e. The number of ether oxygens (including phenoxy) is 1. The average molecular weight is 215 g/mol. The van der Waals surface area contributed by atoms with Crippen molar-refractivity contribution in [2.24, 2.45) is 5.92 Å². The molecule has 1 N–H and O–H groups in total. The molecule has 0 bridgehead atoms. The van der Waals surface area contributed by atoms with Crippen LogP contribution in [0, 0.1) is 5.92 Å². The summed E-state index contributed by atoms with van der Waals surface area (Å²) in [5.41, 5.74) is 0.00331. The second-order valence-corrected chi connectivity index (χ2v) is 4.51. The summed E-state index contributed by atoms with van der Waals surface area (Å²) in [4.78, 5) is 0. The van der Waals surface area contributed by atoms with Crippen LogP contribution in [-0.2, 0) is 4.74 Å². The van der Waals surface area contributed by atoms with E-state index in [4.69, 9.17) is 4.74 Å². The van der Waals surface area contributed by atoms with Gasteiger partial charge in [0.15, 0.2) is 0 Å². The minimum atomic E-state index is 0.00331. The molecular formula is C13H29NO. The van der Waals surface area contributed by atoms with E-state index in [1.54, 1.807) is 0 Å². The van der Waals surface area contributed by atoms with Crippen molar-refractivity contribution in [2.75, 3.05) is 14.2 Å². The van der Waals surface area contributed by atoms with Crippen LogP contribution in [0.3, 0.4) is 0 Å². The van der Waals surface area contributed by atoms with Crippen molar-refractivity contribution in [2.45, 2.75) is 65.0 Å². The number of rotatable bonds is 8. The van der Waals surface area contributed by atoms with Gasteiger partial charge in [0.1, 0.15) is 0 Å². The molecule has 0 aromatic carbocycles. The third-order valence-electron chi connectivity index (χ3n) is 3.79. The van der Waals surface area contributed by atoms with E-state index < -0.39 is 0 Å². The summed E-state index contributed by atoms with van der Waals surface area (Å²) < 4.78 is 5.79. The molecule has 0 aromatic rings. The molecule has 2 unspecified atom stereocenters. The SMILES string of the molecule is CCCC(C)C(NC)C(CC)(CC)OC. The molecule has 0 rings (SSSR count). The Balaban J connectivity index is 4.72. The minimum Gasteiger partial charge on any atom is -0.377 e. The van der Waals surface area contributed by atoms with E-state index in [0.717, 1.165) is 12.8 Å². The van der Waals surface area contributed by atoms with Gasteiger partial charge in [0.25, 0.3) is 0 Å². The zero-order valence-electron chi connectivity index (χ0n) is 11.4. The van der Waals surface area contributed by atoms with Crippen LogP contribution in [0.4, 0.5) is 0 Å². The maximum Gasteiger partial charge on any atom is 0.0828 e. The Bertz CT molecular complexity index is 146. The van der Waals surface area contributed by atoms with E-state index in [-0.39, 0.29) is 5.60 Å². The van der Waals surface area contributed by atoms with Crippen LogP contribution >= 0.6 is 0 Å². The van der Waals surface area contributed by atoms with Crippen molar-refractivity contribution in [1.29, 1.82) is 0 Å². The van der Waals surface area contributed by atoms with Crippen LogP contribution in [0.2, 0.25) is 0 Å². The second-order valence-electron chi connectivity index (χ2n) is 4.51. The Morgan fingerprint density at radius 2 is 1.73 bits per heavy atom. The van der Waals surface area contributed by atoms with Crippen LogP contribution in [0.5, 0.6) is 0 Å². The van der Waals surface area contributed by atoms with Crippen LogP contribution in [-0.4, -0.2) is 25.8 Å². The predicted octanol–water partition coefficient (Wildman–Crippen LogP) is 3.22. The van der Waals surface area contributed by atoms with Crippen LogP contribution < -0.4 is 5.32 Å². The van der Waals surface area contributed by atoms with Gasteiger partial charge in [-0.15, -0.1) is 0 Å². The number of hydrogen-bond acceptors (Lipinski definition) is 2. The summed E-state index contributed by atoms with van der Waals surface area (Å²) in [6.45, 7) is 9.01. The lowest BCUT2D eigenvalue weighted by Crippen LogP contribution is -2.53. The number of hydrogen-bond donors (Lipinski definition) is 1. The number of nitrogens with one attached hydrogen (secondary N) is 1. The van der Waals surface area contributed by atoms with Gasteiger partial charge in [-0.3, -0.25) is 0 Å². The highest BCUT2D eigenvalue weighted by atomic mass is 16.5. The first-order valence-electron chi connectivity index (χ1n) is 6.34. The molecule has 0 aliphatic carbocycles. The van der Waals surface area contributed by atoms with Crippen LogP contribution in [0.15, 0.2) is 0 Å². The van der Waals surface area contributed by atoms with Crippen molar-refractivity contribution in [3.05, 3.63) is 0 Å². The van der Waals surface area contributed by atoms with Crippen molar-refractivity contribution in [3.8, 4) is 0 Å². The molecule has 2 nitrogen and oxygen atoms in total. The quantitative estimate of drug-likeness (QED) is 0.671. The summed E-state index contributed by atoms with van der Waals surface area (Å²) >= 11 is 0. The van der Waals surface area contributed by atoms with Gasteiger partial charge in [-0.05, 0) is 32.2 Å². The highest BCUT2D eigenvalue weighted by Gasteiger charge is 2.37. The van der Waals surface area contributed by atoms with Crippen molar-refractivity contribution >= 4 is 0 Å². The van der Waals surface area contributed by atoms with E-state index in [0.29, 0.717) is 12.0 Å². The lowest BCUT2D eigenvalue weighted by atomic mass is 9.79. The van der Waals surface area contributed by atoms with E-state index in [1.807, 2.05) is 7.11 Å². The first-order valence-corrected chi connectivity index (χ1v) is 6.34. The van der Waals surface area contributed by atoms with Gasteiger partial charge >= 0.3 is 0 Å². The van der Waals surface area contributed by atoms with Crippen molar-refractivity contribution < 1.29 is 4.74 Å². The molecular weight excluding hydrogens is 186 g/mol. The first kappa shape index (κ1) is 14.9. The highest BCUT2D eigenvalue weighted by Crippen LogP contribution is 2.30. The minimum absolute atomic E-state index is 0.00331. The fourth-order valence-electron chi connectivity index (χ4n) is 2.79. The summed E-state index contributed by atoms with van der Waals surface area (Å²) in [6, 6.07) is 0.456. The van der Waals surface area contributed by atoms with Crippen LogP contribution in [0.25, 0.3) is 0 Å². The molecule has 2 atom stereocenters. The van der Waals surface area contributed by atoms with Crippen molar-refractivity contribution in [3.63, 3.8) is 0 Å². The van der Waals surface area contributed by atoms with Crippen molar-refractivity contribution in [1.82, 2.24) is 5.32 Å². The topological polar surface area (TPSA) is 21.3 Å². The molecule has 15 heavy (non-hydrogen) atoms. The summed E-state index contributed by atoms with van der Waals surface area (Å²) in [7, 11) is 3.89. The van der Waals surface area contributed by atoms with Gasteiger partial charge in [-0.25, -0.2) is 0 Å². The lowest BCUT2D eigenvalue weighted by Gasteiger charge is -2.41. The lowest BCUT2D eigenvalue weighted by molar-refractivity contribution is -0.0599. The summed E-state index contributed by atoms with van der Waals surface area (Å²) in [6.07, 6.45) is 4.64. The first-order chi connectivity index (χ1) is 7.11. The molecule has 2 heteroatoms. The third-order valence-corrected chi connectivity index (χ3v) is 3.79. The molecule has 92 valence electrons. The Hall–Kier alpha value is -0.0800. The van der Waals surface area contributed by atoms with Gasteiger partial charge < -0.3 is 10.1 Å². The second kappa shape index (κ2) is 7.24. The summed E-state index contributed by atoms with van der Waals surface area (Å²) in [5, 5.41) is 3.46. The average Bonchev–Trinajstić information content (AvgIpc) is 2.26. The standard InChI is InChI=1S/C13H29NO/c1-7-10-11(4)12(14-5)13(8-2,9-3)15-6/h11-12,14H,7-10H2,1-6H3. The van der Waals surface area contributed by atoms with Crippen LogP contribution in [0.1, 0.15) is 53.4 Å². The molecule has 0 saturated carbocycles. The molecule has 0 aliphatic rings. The summed E-state index contributed by atoms with van der Waals surface area (Å²) in [5.74, 6) is 0.667. The van der Waals surface area contributed by atoms with Gasteiger partial charge in [0.05, 0.1) is 5.60 Å².